The van der Waals surface area contributed by atoms with Crippen molar-refractivity contribution in [1.82, 2.24) is 20.9 Å². The van der Waals surface area contributed by atoms with Crippen LogP contribution in [0.1, 0.15) is 18.4 Å². The monoisotopic (exact) mass is 475 g/mol. The average molecular weight is 476 g/mol. The van der Waals surface area contributed by atoms with Gasteiger partial charge < -0.3 is 30.5 Å². The summed E-state index contributed by atoms with van der Waals surface area (Å²) in [4.78, 5) is 26.0. The minimum Gasteiger partial charge on any atom is -0.374 e. The molecule has 2 saturated heterocycles. The molecule has 1 aliphatic carbocycles. The zero-order chi connectivity index (χ0) is 23.6. The van der Waals surface area contributed by atoms with E-state index in [4.69, 9.17) is 4.74 Å². The molecule has 3 fully saturated rings. The number of rotatable bonds is 6. The van der Waals surface area contributed by atoms with Crippen LogP contribution in [0.3, 0.4) is 0 Å². The predicted molar refractivity (Wildman–Crippen MR) is 137 cm³/mol. The molecule has 4 aliphatic heterocycles. The summed E-state index contributed by atoms with van der Waals surface area (Å²) in [6.45, 7) is 6.57. The number of nitrogens with one attached hydrogen (secondary N) is 3. The molecule has 5 aliphatic rings. The van der Waals surface area contributed by atoms with Crippen molar-refractivity contribution in [1.29, 1.82) is 0 Å². The highest BCUT2D eigenvalue weighted by Crippen LogP contribution is 2.32. The Balaban J connectivity index is 1.11. The van der Waals surface area contributed by atoms with E-state index >= 15 is 0 Å². The van der Waals surface area contributed by atoms with E-state index in [1.807, 2.05) is 4.90 Å². The molecule has 9 nitrogen and oxygen atoms in total. The molecule has 0 aromatic heterocycles. The number of benzene rings is 1. The van der Waals surface area contributed by atoms with Gasteiger partial charge >= 0.3 is 0 Å². The Labute approximate surface area is 206 Å². The van der Waals surface area contributed by atoms with Crippen molar-refractivity contribution in [2.24, 2.45) is 15.9 Å². The second-order valence-corrected chi connectivity index (χ2v) is 9.70. The number of anilines is 1. The van der Waals surface area contributed by atoms with E-state index in [9.17, 15) is 4.79 Å². The van der Waals surface area contributed by atoms with Crippen molar-refractivity contribution in [3.63, 3.8) is 0 Å². The molecule has 1 saturated carbocycles. The zero-order valence-electron chi connectivity index (χ0n) is 19.9. The Morgan fingerprint density at radius 3 is 2.69 bits per heavy atom. The molecule has 1 aromatic rings. The van der Waals surface area contributed by atoms with Gasteiger partial charge in [0.25, 0.3) is 0 Å². The lowest BCUT2D eigenvalue weighted by atomic mass is 10.0. The maximum absolute atomic E-state index is 12.3. The van der Waals surface area contributed by atoms with Gasteiger partial charge in [-0.3, -0.25) is 14.8 Å². The van der Waals surface area contributed by atoms with E-state index in [-0.39, 0.29) is 12.1 Å². The van der Waals surface area contributed by atoms with Gasteiger partial charge in [0.15, 0.2) is 0 Å². The first-order chi connectivity index (χ1) is 17.2. The smallest absolute Gasteiger partial charge is 0.225 e. The molecule has 2 atom stereocenters. The summed E-state index contributed by atoms with van der Waals surface area (Å²) in [5.41, 5.74) is 4.22. The lowest BCUT2D eigenvalue weighted by Crippen LogP contribution is -2.49. The van der Waals surface area contributed by atoms with Crippen molar-refractivity contribution < 1.29 is 9.53 Å². The summed E-state index contributed by atoms with van der Waals surface area (Å²) in [7, 11) is 0. The van der Waals surface area contributed by atoms with Gasteiger partial charge in [-0.15, -0.1) is 0 Å². The predicted octanol–water partition coefficient (Wildman–Crippen LogP) is 0.960. The van der Waals surface area contributed by atoms with Gasteiger partial charge in [0.05, 0.1) is 12.7 Å². The van der Waals surface area contributed by atoms with Gasteiger partial charge in [0, 0.05) is 75.5 Å². The van der Waals surface area contributed by atoms with Crippen molar-refractivity contribution in [3.05, 3.63) is 47.4 Å². The van der Waals surface area contributed by atoms with Gasteiger partial charge in [-0.25, -0.2) is 0 Å². The van der Waals surface area contributed by atoms with Gasteiger partial charge in [-0.05, 0) is 36.6 Å². The Morgan fingerprint density at radius 1 is 1.11 bits per heavy atom. The standard InChI is InChI=1S/C26H33N7O2/c34-26(19-1-2-19)33-12-10-32(11-13-33)20-5-3-18(4-6-20)22-15-23-24(29-8-7-28-23)25(31-22)30-17-21-16-27-9-14-35-21/h3-8,15,19,21,23,27,30-31H,1-2,9-14,16-17H2/t21-,23?/m0/s1. The number of nitrogens with zero attached hydrogens (tertiary/aromatic N) is 4. The Kier molecular flexibility index (Phi) is 6.26. The molecule has 35 heavy (non-hydrogen) atoms. The first-order valence-electron chi connectivity index (χ1n) is 12.7. The first-order valence-corrected chi connectivity index (χ1v) is 12.7. The van der Waals surface area contributed by atoms with Crippen molar-refractivity contribution >= 4 is 29.7 Å². The molecule has 1 unspecified atom stereocenters. The molecule has 0 spiro atoms. The molecule has 4 heterocycles. The molecular formula is C26H33N7O2. The minimum atomic E-state index is -0.110. The van der Waals surface area contributed by atoms with Crippen LogP contribution in [0.5, 0.6) is 0 Å². The molecule has 1 amide bonds. The number of fused-ring (bicyclic) bond motifs is 1. The SMILES string of the molecule is O=C(C1CC1)N1CCN(c2ccc(C3=CC4N=CC=NC4=C(NC[C@@H]4CNCCO4)N3)cc2)CC1. The normalized spacial score (nSPS) is 26.2. The van der Waals surface area contributed by atoms with E-state index in [1.54, 1.807) is 12.4 Å². The molecular weight excluding hydrogens is 442 g/mol. The maximum Gasteiger partial charge on any atom is 0.225 e. The fourth-order valence-electron chi connectivity index (χ4n) is 5.02. The highest BCUT2D eigenvalue weighted by Gasteiger charge is 2.34. The molecule has 9 heteroatoms. The number of hydrogen-bond donors (Lipinski definition) is 3. The zero-order valence-corrected chi connectivity index (χ0v) is 19.9. The number of carbonyl (C=O) groups is 1. The number of dihydropyridines is 1. The Bertz CT molecular complexity index is 1060. The third-order valence-corrected chi connectivity index (χ3v) is 7.22. The molecule has 1 aromatic carbocycles. The van der Waals surface area contributed by atoms with E-state index in [0.29, 0.717) is 18.4 Å². The van der Waals surface area contributed by atoms with E-state index in [0.717, 1.165) is 81.5 Å². The van der Waals surface area contributed by atoms with Crippen molar-refractivity contribution in [2.75, 3.05) is 57.3 Å². The number of morpholine rings is 1. The quantitative estimate of drug-likeness (QED) is 0.568. The summed E-state index contributed by atoms with van der Waals surface area (Å²) in [5, 5.41) is 10.4. The van der Waals surface area contributed by atoms with E-state index < -0.39 is 0 Å². The van der Waals surface area contributed by atoms with Crippen LogP contribution in [0.4, 0.5) is 5.69 Å². The Hall–Kier alpha value is -3.17. The number of amides is 1. The second kappa shape index (κ2) is 9.83. The van der Waals surface area contributed by atoms with Crippen LogP contribution in [0.15, 0.2) is 51.8 Å². The summed E-state index contributed by atoms with van der Waals surface area (Å²) in [6.07, 6.45) is 7.89. The maximum atomic E-state index is 12.3. The van der Waals surface area contributed by atoms with Crippen LogP contribution in [0.25, 0.3) is 5.70 Å². The van der Waals surface area contributed by atoms with Crippen LogP contribution < -0.4 is 20.9 Å². The molecule has 0 radical (unpaired) electrons. The third kappa shape index (κ3) is 4.97. The number of ether oxygens (including phenoxy) is 1. The Morgan fingerprint density at radius 2 is 1.94 bits per heavy atom. The van der Waals surface area contributed by atoms with Crippen LogP contribution in [0, 0.1) is 5.92 Å². The molecule has 6 rings (SSSR count). The lowest BCUT2D eigenvalue weighted by molar-refractivity contribution is -0.132. The summed E-state index contributed by atoms with van der Waals surface area (Å²) in [6, 6.07) is 8.55. The lowest BCUT2D eigenvalue weighted by Gasteiger charge is -2.36. The highest BCUT2D eigenvalue weighted by atomic mass is 16.5. The van der Waals surface area contributed by atoms with Crippen LogP contribution >= 0.6 is 0 Å². The van der Waals surface area contributed by atoms with Gasteiger partial charge in [-0.2, -0.15) is 0 Å². The number of carbonyl (C=O) groups excluding carboxylic acids is 1. The van der Waals surface area contributed by atoms with Crippen molar-refractivity contribution in [2.45, 2.75) is 25.0 Å². The molecule has 3 N–H and O–H groups in total. The summed E-state index contributed by atoms with van der Waals surface area (Å²) < 4.78 is 5.84. The second-order valence-electron chi connectivity index (χ2n) is 9.70. The van der Waals surface area contributed by atoms with Gasteiger partial charge in [0.2, 0.25) is 5.91 Å². The first kappa shape index (κ1) is 22.3. The molecule has 184 valence electrons. The van der Waals surface area contributed by atoms with Gasteiger partial charge in [-0.1, -0.05) is 12.1 Å². The third-order valence-electron chi connectivity index (χ3n) is 7.22. The van der Waals surface area contributed by atoms with Crippen LogP contribution in [0.2, 0.25) is 0 Å². The molecule has 0 bridgehead atoms. The van der Waals surface area contributed by atoms with Crippen molar-refractivity contribution in [3.8, 4) is 0 Å². The fraction of sp³-hybridized carbons (Fsp3) is 0.500. The van der Waals surface area contributed by atoms with E-state index in [2.05, 4.69) is 61.2 Å². The highest BCUT2D eigenvalue weighted by molar-refractivity contribution is 6.17. The number of piperazine rings is 1. The minimum absolute atomic E-state index is 0.110. The largest absolute Gasteiger partial charge is 0.374 e. The average Bonchev–Trinajstić information content (AvgIpc) is 3.78. The van der Waals surface area contributed by atoms with Crippen LogP contribution in [-0.4, -0.2) is 87.8 Å². The summed E-state index contributed by atoms with van der Waals surface area (Å²) in [5.74, 6) is 1.54. The number of aliphatic imine (C=N–C) groups is 2. The van der Waals surface area contributed by atoms with Crippen LogP contribution in [-0.2, 0) is 9.53 Å². The van der Waals surface area contributed by atoms with E-state index in [1.165, 1.54) is 5.69 Å². The van der Waals surface area contributed by atoms with Gasteiger partial charge in [0.1, 0.15) is 17.6 Å². The number of hydrogen-bond acceptors (Lipinski definition) is 8. The summed E-state index contributed by atoms with van der Waals surface area (Å²) >= 11 is 0. The fourth-order valence-corrected chi connectivity index (χ4v) is 5.02. The topological polar surface area (TPSA) is 93.6 Å².